The van der Waals surface area contributed by atoms with Crippen LogP contribution in [0, 0.1) is 0 Å². The second-order valence-electron chi connectivity index (χ2n) is 6.51. The van der Waals surface area contributed by atoms with Gasteiger partial charge in [0.2, 0.25) is 0 Å². The first kappa shape index (κ1) is 28.2. The van der Waals surface area contributed by atoms with Crippen molar-refractivity contribution >= 4 is 36.7 Å². The molecule has 18 nitrogen and oxygen atoms in total. The van der Waals surface area contributed by atoms with Crippen molar-refractivity contribution in [2.45, 2.75) is 37.0 Å². The molecule has 0 bridgehead atoms. The van der Waals surface area contributed by atoms with E-state index in [0.717, 1.165) is 12.7 Å². The van der Waals surface area contributed by atoms with Crippen molar-refractivity contribution in [2.75, 3.05) is 11.9 Å². The van der Waals surface area contributed by atoms with E-state index in [1.54, 1.807) is 0 Å². The molecule has 1 aliphatic rings. The smallest absolute Gasteiger partial charge is 0.469 e. The van der Waals surface area contributed by atoms with Crippen molar-refractivity contribution in [2.24, 2.45) is 0 Å². The number of hydrogen-bond donors (Lipinski definition) is 9. The molecule has 13 N–H and O–H groups in total. The molecule has 1 fully saturated rings. The van der Waals surface area contributed by atoms with Gasteiger partial charge >= 0.3 is 19.8 Å². The van der Waals surface area contributed by atoms with Gasteiger partial charge in [-0.25, -0.2) is 24.3 Å². The Morgan fingerprint density at radius 3 is 2.42 bits per heavy atom. The zero-order chi connectivity index (χ0) is 22.9. The maximum atomic E-state index is 11.3. The van der Waals surface area contributed by atoms with E-state index in [0.29, 0.717) is 0 Å². The number of phosphoric ester groups is 1. The lowest BCUT2D eigenvalue weighted by molar-refractivity contribution is -0.144. The molecule has 0 amide bonds. The number of rotatable bonds is 9. The third kappa shape index (κ3) is 6.38. The first-order valence-corrected chi connectivity index (χ1v) is 10.1. The van der Waals surface area contributed by atoms with Crippen molar-refractivity contribution < 1.29 is 53.6 Å². The van der Waals surface area contributed by atoms with Gasteiger partial charge in [0, 0.05) is 0 Å². The molecule has 0 saturated carbocycles. The number of hydrogen-bond acceptors (Lipinski definition) is 13. The van der Waals surface area contributed by atoms with Gasteiger partial charge in [-0.1, -0.05) is 0 Å². The Hall–Kier alpha value is -2.80. The van der Waals surface area contributed by atoms with Gasteiger partial charge in [-0.2, -0.15) is 0 Å². The Bertz CT molecular complexity index is 1030. The van der Waals surface area contributed by atoms with Gasteiger partial charge in [0.25, 0.3) is 0 Å². The fourth-order valence-electron chi connectivity index (χ4n) is 2.95. The van der Waals surface area contributed by atoms with Crippen LogP contribution >= 0.6 is 7.82 Å². The van der Waals surface area contributed by atoms with Gasteiger partial charge in [0.05, 0.1) is 19.4 Å². The molecule has 0 spiro atoms. The van der Waals surface area contributed by atoms with Crippen LogP contribution in [0.4, 0.5) is 5.82 Å². The van der Waals surface area contributed by atoms with Crippen molar-refractivity contribution in [3.63, 3.8) is 0 Å². The van der Waals surface area contributed by atoms with E-state index < -0.39 is 63.4 Å². The highest BCUT2D eigenvalue weighted by molar-refractivity contribution is 7.46. The maximum Gasteiger partial charge on any atom is 0.469 e. The van der Waals surface area contributed by atoms with Crippen LogP contribution in [0.15, 0.2) is 12.7 Å². The number of carboxylic acid groups (broad SMARTS) is 2. The molecule has 2 aromatic heterocycles. The van der Waals surface area contributed by atoms with Crippen LogP contribution in [0.1, 0.15) is 12.6 Å². The summed E-state index contributed by atoms with van der Waals surface area (Å²) >= 11 is 0. The number of aliphatic carboxylic acids is 2. The second-order valence-corrected chi connectivity index (χ2v) is 7.75. The summed E-state index contributed by atoms with van der Waals surface area (Å²) in [6.45, 7) is -0.705. The molecule has 3 rings (SSSR count). The molecule has 2 aromatic rings. The number of nitrogens with zero attached hydrogens (tertiary/aromatic N) is 4. The highest BCUT2D eigenvalue weighted by Gasteiger charge is 2.45. The van der Waals surface area contributed by atoms with Crippen LogP contribution < -0.4 is 17.6 Å². The zero-order valence-electron chi connectivity index (χ0n) is 16.8. The van der Waals surface area contributed by atoms with Gasteiger partial charge < -0.3 is 52.6 Å². The third-order valence-electron chi connectivity index (χ3n) is 4.36. The van der Waals surface area contributed by atoms with Gasteiger partial charge in [-0.3, -0.25) is 13.9 Å². The number of aromatic nitrogens is 4. The van der Waals surface area contributed by atoms with Crippen molar-refractivity contribution in [3.8, 4) is 0 Å². The molecule has 0 radical (unpaired) electrons. The lowest BCUT2D eigenvalue weighted by Crippen LogP contribution is -2.33. The zero-order valence-corrected chi connectivity index (χ0v) is 17.7. The van der Waals surface area contributed by atoms with Gasteiger partial charge in [-0.05, 0) is 0 Å². The highest BCUT2D eigenvalue weighted by Crippen LogP contribution is 2.39. The van der Waals surface area contributed by atoms with E-state index in [-0.39, 0.29) is 29.3 Å². The quantitative estimate of drug-likeness (QED) is 0.173. The van der Waals surface area contributed by atoms with Crippen LogP contribution in [-0.4, -0.2) is 92.6 Å². The number of ether oxygens (including phenoxy) is 1. The average Bonchev–Trinajstić information content (AvgIpc) is 3.21. The summed E-state index contributed by atoms with van der Waals surface area (Å²) in [6, 6.07) is -1.51. The van der Waals surface area contributed by atoms with Crippen LogP contribution in [0.2, 0.25) is 0 Å². The molecular weight excluding hydrogens is 473 g/mol. The number of phosphoric acid groups is 1. The molecule has 0 unspecified atom stereocenters. The summed E-state index contributed by atoms with van der Waals surface area (Å²) in [6.07, 6.45) is -4.20. The number of carbonyl (C=O) groups is 2. The summed E-state index contributed by atoms with van der Waals surface area (Å²) in [5.41, 5.74) is 0.0733. The normalized spacial score (nSPS) is 23.4. The first-order chi connectivity index (χ1) is 14.5. The standard InChI is InChI=1S/C14H18N5O11P.2H3N/c20-7(21)1-5(14(24)25)18-11-8-12(16-3-15-11)19(4-17-8)13-10(23)9(22)6(30-13)2-29-31(26,27)28;;/h3-6,9-10,13,22-23H,1-2H2,(H,20,21)(H,24,25)(H,15,16,18)(H2,26,27,28);2*1H3/t5-,6+,9+,10+,13+;;/m1../s1. The predicted molar refractivity (Wildman–Crippen MR) is 107 cm³/mol. The molecular formula is C14H24N7O11P. The number of aliphatic hydroxyl groups excluding tert-OH is 2. The number of carboxylic acids is 2. The average molecular weight is 497 g/mol. The Labute approximate surface area is 184 Å². The van der Waals surface area contributed by atoms with E-state index in [4.69, 9.17) is 19.6 Å². The van der Waals surface area contributed by atoms with Gasteiger partial charge in [-0.15, -0.1) is 0 Å². The Balaban J connectivity index is 0.00000272. The number of anilines is 1. The Morgan fingerprint density at radius 1 is 1.18 bits per heavy atom. The topological polar surface area (TPSA) is 317 Å². The van der Waals surface area contributed by atoms with E-state index in [9.17, 15) is 29.5 Å². The van der Waals surface area contributed by atoms with Crippen LogP contribution in [0.3, 0.4) is 0 Å². The molecule has 5 atom stereocenters. The lowest BCUT2D eigenvalue weighted by atomic mass is 10.1. The highest BCUT2D eigenvalue weighted by atomic mass is 31.2. The molecule has 0 aromatic carbocycles. The molecule has 1 saturated heterocycles. The number of nitrogens with one attached hydrogen (secondary N) is 1. The van der Waals surface area contributed by atoms with E-state index >= 15 is 0 Å². The third-order valence-corrected chi connectivity index (χ3v) is 4.85. The lowest BCUT2D eigenvalue weighted by Gasteiger charge is -2.17. The van der Waals surface area contributed by atoms with E-state index in [1.165, 1.54) is 4.57 Å². The summed E-state index contributed by atoms with van der Waals surface area (Å²) in [5, 5.41) is 40.9. The minimum absolute atomic E-state index is 0. The fraction of sp³-hybridized carbons (Fsp3) is 0.500. The second kappa shape index (κ2) is 10.9. The predicted octanol–water partition coefficient (Wildman–Crippen LogP) is -1.78. The van der Waals surface area contributed by atoms with Crippen LogP contribution in [0.25, 0.3) is 11.2 Å². The first-order valence-electron chi connectivity index (χ1n) is 8.58. The van der Waals surface area contributed by atoms with Crippen molar-refractivity contribution in [1.29, 1.82) is 0 Å². The van der Waals surface area contributed by atoms with Crippen molar-refractivity contribution in [3.05, 3.63) is 12.7 Å². The number of fused-ring (bicyclic) bond motifs is 1. The molecule has 1 aliphatic heterocycles. The monoisotopic (exact) mass is 497 g/mol. The van der Waals surface area contributed by atoms with Crippen molar-refractivity contribution in [1.82, 2.24) is 31.8 Å². The van der Waals surface area contributed by atoms with E-state index in [1.807, 2.05) is 0 Å². The van der Waals surface area contributed by atoms with Crippen LogP contribution in [-0.2, 0) is 23.4 Å². The number of imidazole rings is 1. The minimum atomic E-state index is -4.83. The van der Waals surface area contributed by atoms with Gasteiger partial charge in [0.15, 0.2) is 23.2 Å². The SMILES string of the molecule is N.N.O=C(O)C[C@@H](Nc1ncnc2c1ncn2[C@H]1O[C@@H](COP(=O)(O)O)[C@H](O)[C@@H]1O)C(=O)O. The molecule has 33 heavy (non-hydrogen) atoms. The number of aliphatic hydroxyl groups is 2. The maximum absolute atomic E-state index is 11.3. The summed E-state index contributed by atoms with van der Waals surface area (Å²) in [5.74, 6) is -2.87. The summed E-state index contributed by atoms with van der Waals surface area (Å²) in [7, 11) is -4.83. The Morgan fingerprint density at radius 2 is 1.85 bits per heavy atom. The molecule has 186 valence electrons. The van der Waals surface area contributed by atoms with E-state index in [2.05, 4.69) is 24.8 Å². The minimum Gasteiger partial charge on any atom is -0.481 e. The fourth-order valence-corrected chi connectivity index (χ4v) is 3.29. The molecule has 0 aliphatic carbocycles. The largest absolute Gasteiger partial charge is 0.481 e. The van der Waals surface area contributed by atoms with Gasteiger partial charge in [0.1, 0.15) is 30.7 Å². The Kier molecular flexibility index (Phi) is 9.31. The molecule has 19 heteroatoms. The summed E-state index contributed by atoms with van der Waals surface area (Å²) in [4.78, 5) is 51.6. The van der Waals surface area contributed by atoms with Crippen LogP contribution in [0.5, 0.6) is 0 Å². The summed E-state index contributed by atoms with van der Waals surface area (Å²) < 4.78 is 21.8. The molecule has 3 heterocycles.